The van der Waals surface area contributed by atoms with Crippen LogP contribution in [0.3, 0.4) is 0 Å². The third-order valence-electron chi connectivity index (χ3n) is 2.75. The normalized spacial score (nSPS) is 12.9. The van der Waals surface area contributed by atoms with E-state index in [1.165, 1.54) is 0 Å². The highest BCUT2D eigenvalue weighted by molar-refractivity contribution is 5.69. The summed E-state index contributed by atoms with van der Waals surface area (Å²) in [7, 11) is 0. The van der Waals surface area contributed by atoms with Crippen molar-refractivity contribution < 1.29 is 9.90 Å². The van der Waals surface area contributed by atoms with Crippen LogP contribution >= 0.6 is 0 Å². The minimum Gasteiger partial charge on any atom is -0.481 e. The molecule has 2 heterocycles. The summed E-state index contributed by atoms with van der Waals surface area (Å²) in [5.41, 5.74) is 3.06. The molecule has 4 heteroatoms. The van der Waals surface area contributed by atoms with Crippen molar-refractivity contribution in [1.29, 1.82) is 0 Å². The Morgan fingerprint density at radius 3 is 3.00 bits per heavy atom. The van der Waals surface area contributed by atoms with E-state index in [0.717, 1.165) is 16.8 Å². The number of fused-ring (bicyclic) bond motifs is 1. The maximum Gasteiger partial charge on any atom is 0.306 e. The molecule has 84 valence electrons. The summed E-state index contributed by atoms with van der Waals surface area (Å²) in [6.45, 7) is 3.67. The van der Waals surface area contributed by atoms with Gasteiger partial charge in [-0.05, 0) is 25.0 Å². The molecule has 0 bridgehead atoms. The number of hydrogen-bond acceptors (Lipinski definition) is 2. The standard InChI is InChI=1S/C12H14N2O2/c1-8(12(15)16)5-10-3-4-11-9(2)13-7-14(11)6-10/h3-4,6-8H,5H2,1-2H3,(H,15,16). The van der Waals surface area contributed by atoms with Crippen molar-refractivity contribution in [2.24, 2.45) is 5.92 Å². The quantitative estimate of drug-likeness (QED) is 0.856. The van der Waals surface area contributed by atoms with Gasteiger partial charge in [-0.1, -0.05) is 13.0 Å². The highest BCUT2D eigenvalue weighted by Crippen LogP contribution is 2.13. The number of aromatic nitrogens is 2. The van der Waals surface area contributed by atoms with Crippen LogP contribution in [0.5, 0.6) is 0 Å². The van der Waals surface area contributed by atoms with Crippen molar-refractivity contribution >= 4 is 11.5 Å². The van der Waals surface area contributed by atoms with Crippen LogP contribution in [0.4, 0.5) is 0 Å². The molecule has 1 unspecified atom stereocenters. The fraction of sp³-hybridized carbons (Fsp3) is 0.333. The molecule has 0 fully saturated rings. The highest BCUT2D eigenvalue weighted by Gasteiger charge is 2.12. The molecule has 0 saturated heterocycles. The van der Waals surface area contributed by atoms with E-state index in [9.17, 15) is 4.79 Å². The molecule has 0 saturated carbocycles. The molecule has 1 atom stereocenters. The predicted octanol–water partition coefficient (Wildman–Crippen LogP) is 1.91. The maximum atomic E-state index is 10.8. The summed E-state index contributed by atoms with van der Waals surface area (Å²) in [4.78, 5) is 14.9. The van der Waals surface area contributed by atoms with E-state index in [1.54, 1.807) is 13.3 Å². The molecular formula is C12H14N2O2. The first-order valence-electron chi connectivity index (χ1n) is 5.23. The van der Waals surface area contributed by atoms with Crippen LogP contribution in [0.15, 0.2) is 24.7 Å². The number of aryl methyl sites for hydroxylation is 1. The largest absolute Gasteiger partial charge is 0.481 e. The summed E-state index contributed by atoms with van der Waals surface area (Å²) in [6.07, 6.45) is 4.23. The number of carboxylic acid groups (broad SMARTS) is 1. The van der Waals surface area contributed by atoms with Gasteiger partial charge in [0.2, 0.25) is 0 Å². The zero-order valence-electron chi connectivity index (χ0n) is 9.34. The van der Waals surface area contributed by atoms with Gasteiger partial charge in [0.1, 0.15) is 0 Å². The Bertz CT molecular complexity index is 531. The van der Waals surface area contributed by atoms with Crippen LogP contribution in [0.1, 0.15) is 18.2 Å². The number of hydrogen-bond donors (Lipinski definition) is 1. The van der Waals surface area contributed by atoms with Crippen molar-refractivity contribution in [1.82, 2.24) is 9.38 Å². The second-order valence-corrected chi connectivity index (χ2v) is 4.10. The first kappa shape index (κ1) is 10.7. The Kier molecular flexibility index (Phi) is 2.64. The van der Waals surface area contributed by atoms with Crippen molar-refractivity contribution in [3.05, 3.63) is 35.9 Å². The molecule has 16 heavy (non-hydrogen) atoms. The Hall–Kier alpha value is -1.84. The number of carbonyl (C=O) groups is 1. The smallest absolute Gasteiger partial charge is 0.306 e. The fourth-order valence-corrected chi connectivity index (χ4v) is 1.74. The van der Waals surface area contributed by atoms with Gasteiger partial charge in [-0.3, -0.25) is 4.79 Å². The lowest BCUT2D eigenvalue weighted by Gasteiger charge is -2.06. The summed E-state index contributed by atoms with van der Waals surface area (Å²) in [5.74, 6) is -1.12. The topological polar surface area (TPSA) is 54.6 Å². The molecule has 0 spiro atoms. The van der Waals surface area contributed by atoms with Gasteiger partial charge < -0.3 is 9.51 Å². The van der Waals surface area contributed by atoms with Gasteiger partial charge in [0.15, 0.2) is 0 Å². The lowest BCUT2D eigenvalue weighted by atomic mass is 10.0. The molecule has 2 aromatic rings. The highest BCUT2D eigenvalue weighted by atomic mass is 16.4. The van der Waals surface area contributed by atoms with E-state index in [2.05, 4.69) is 4.98 Å². The summed E-state index contributed by atoms with van der Waals surface area (Å²) < 4.78 is 1.93. The first-order chi connectivity index (χ1) is 7.58. The van der Waals surface area contributed by atoms with Gasteiger partial charge in [0.05, 0.1) is 23.5 Å². The van der Waals surface area contributed by atoms with Gasteiger partial charge >= 0.3 is 5.97 Å². The average Bonchev–Trinajstić information content (AvgIpc) is 2.60. The fourth-order valence-electron chi connectivity index (χ4n) is 1.74. The molecule has 2 rings (SSSR count). The Balaban J connectivity index is 2.29. The van der Waals surface area contributed by atoms with E-state index in [1.807, 2.05) is 29.7 Å². The Labute approximate surface area is 93.5 Å². The lowest BCUT2D eigenvalue weighted by molar-refractivity contribution is -0.141. The molecule has 0 aliphatic carbocycles. The van der Waals surface area contributed by atoms with Gasteiger partial charge in [-0.25, -0.2) is 4.98 Å². The van der Waals surface area contributed by atoms with E-state index in [4.69, 9.17) is 5.11 Å². The number of rotatable bonds is 3. The van der Waals surface area contributed by atoms with Crippen LogP contribution in [0.25, 0.3) is 5.52 Å². The number of imidazole rings is 1. The van der Waals surface area contributed by atoms with Gasteiger partial charge in [-0.2, -0.15) is 0 Å². The van der Waals surface area contributed by atoms with Crippen LogP contribution in [0.2, 0.25) is 0 Å². The Morgan fingerprint density at radius 1 is 1.56 bits per heavy atom. The zero-order chi connectivity index (χ0) is 11.7. The van der Waals surface area contributed by atoms with Crippen LogP contribution in [-0.4, -0.2) is 20.5 Å². The van der Waals surface area contributed by atoms with Crippen molar-refractivity contribution in [3.8, 4) is 0 Å². The number of carboxylic acids is 1. The summed E-state index contributed by atoms with van der Waals surface area (Å²) in [5, 5.41) is 8.84. The summed E-state index contributed by atoms with van der Waals surface area (Å²) >= 11 is 0. The number of aliphatic carboxylic acids is 1. The number of nitrogens with zero attached hydrogens (tertiary/aromatic N) is 2. The van der Waals surface area contributed by atoms with Crippen molar-refractivity contribution in [2.75, 3.05) is 0 Å². The van der Waals surface area contributed by atoms with E-state index in [0.29, 0.717) is 6.42 Å². The minimum atomic E-state index is -0.762. The molecule has 0 aromatic carbocycles. The van der Waals surface area contributed by atoms with E-state index >= 15 is 0 Å². The molecule has 1 N–H and O–H groups in total. The first-order valence-corrected chi connectivity index (χ1v) is 5.23. The van der Waals surface area contributed by atoms with Crippen LogP contribution in [0, 0.1) is 12.8 Å². The van der Waals surface area contributed by atoms with Crippen LogP contribution in [-0.2, 0) is 11.2 Å². The molecule has 0 amide bonds. The second kappa shape index (κ2) is 3.96. The SMILES string of the molecule is Cc1ncn2cc(CC(C)C(=O)O)ccc12. The van der Waals surface area contributed by atoms with E-state index < -0.39 is 5.97 Å². The average molecular weight is 218 g/mol. The van der Waals surface area contributed by atoms with E-state index in [-0.39, 0.29) is 5.92 Å². The molecule has 4 nitrogen and oxygen atoms in total. The maximum absolute atomic E-state index is 10.8. The predicted molar refractivity (Wildman–Crippen MR) is 60.4 cm³/mol. The molecule has 0 aliphatic heterocycles. The third kappa shape index (κ3) is 1.91. The molecule has 2 aromatic heterocycles. The third-order valence-corrected chi connectivity index (χ3v) is 2.75. The molecular weight excluding hydrogens is 204 g/mol. The lowest BCUT2D eigenvalue weighted by Crippen LogP contribution is -2.12. The summed E-state index contributed by atoms with van der Waals surface area (Å²) in [6, 6.07) is 3.94. The monoisotopic (exact) mass is 218 g/mol. The van der Waals surface area contributed by atoms with Gasteiger partial charge in [0.25, 0.3) is 0 Å². The van der Waals surface area contributed by atoms with Crippen molar-refractivity contribution in [2.45, 2.75) is 20.3 Å². The van der Waals surface area contributed by atoms with Crippen molar-refractivity contribution in [3.63, 3.8) is 0 Å². The van der Waals surface area contributed by atoms with Gasteiger partial charge in [0, 0.05) is 6.20 Å². The Morgan fingerprint density at radius 2 is 2.31 bits per heavy atom. The van der Waals surface area contributed by atoms with Crippen LogP contribution < -0.4 is 0 Å². The zero-order valence-corrected chi connectivity index (χ0v) is 9.34. The molecule has 0 radical (unpaired) electrons. The minimum absolute atomic E-state index is 0.359. The second-order valence-electron chi connectivity index (χ2n) is 4.10. The van der Waals surface area contributed by atoms with Gasteiger partial charge in [-0.15, -0.1) is 0 Å². The number of pyridine rings is 1. The molecule has 0 aliphatic rings.